The number of benzene rings is 1. The maximum atomic E-state index is 12.7. The Morgan fingerprint density at radius 2 is 1.82 bits per heavy atom. The molecule has 3 aromatic rings. The van der Waals surface area contributed by atoms with Crippen molar-refractivity contribution in [2.24, 2.45) is 0 Å². The van der Waals surface area contributed by atoms with Gasteiger partial charge in [-0.25, -0.2) is 13.9 Å². The Balaban J connectivity index is 2.35. The Kier molecular flexibility index (Phi) is 3.72. The summed E-state index contributed by atoms with van der Waals surface area (Å²) >= 11 is 5.00. The van der Waals surface area contributed by atoms with Crippen LogP contribution in [0.2, 0.25) is 0 Å². The molecule has 5 nitrogen and oxygen atoms in total. The van der Waals surface area contributed by atoms with Gasteiger partial charge in [-0.2, -0.15) is 5.10 Å². The zero-order chi connectivity index (χ0) is 16.1. The van der Waals surface area contributed by atoms with E-state index in [9.17, 15) is 4.79 Å². The molecule has 7 heteroatoms. The Labute approximate surface area is 141 Å². The SMILES string of the molecule is CSc1c2n(-c3ccc(Br)cc3)ncn2c(=O)n1C(C)(C)C. The molecule has 2 heterocycles. The van der Waals surface area contributed by atoms with Gasteiger partial charge in [0.1, 0.15) is 11.4 Å². The molecular weight excluding hydrogens is 364 g/mol. The van der Waals surface area contributed by atoms with Gasteiger partial charge in [0.15, 0.2) is 5.65 Å². The van der Waals surface area contributed by atoms with Crippen molar-refractivity contribution in [3.05, 3.63) is 45.5 Å². The molecule has 0 aliphatic rings. The van der Waals surface area contributed by atoms with Gasteiger partial charge in [0, 0.05) is 10.0 Å². The van der Waals surface area contributed by atoms with Crippen LogP contribution in [0.25, 0.3) is 11.3 Å². The van der Waals surface area contributed by atoms with Crippen LogP contribution in [0.4, 0.5) is 0 Å². The summed E-state index contributed by atoms with van der Waals surface area (Å²) in [6.07, 6.45) is 3.57. The van der Waals surface area contributed by atoms with Crippen LogP contribution >= 0.6 is 27.7 Å². The first-order chi connectivity index (χ1) is 10.3. The van der Waals surface area contributed by atoms with Gasteiger partial charge in [-0.3, -0.25) is 4.57 Å². The van der Waals surface area contributed by atoms with Crippen LogP contribution in [0.5, 0.6) is 0 Å². The normalized spacial score (nSPS) is 12.2. The number of hydrogen-bond acceptors (Lipinski definition) is 3. The van der Waals surface area contributed by atoms with E-state index < -0.39 is 0 Å². The minimum atomic E-state index is -0.286. The van der Waals surface area contributed by atoms with E-state index in [1.165, 1.54) is 0 Å². The largest absolute Gasteiger partial charge is 0.336 e. The van der Waals surface area contributed by atoms with E-state index in [0.717, 1.165) is 20.8 Å². The van der Waals surface area contributed by atoms with Crippen LogP contribution in [0.1, 0.15) is 20.8 Å². The molecule has 0 aliphatic heterocycles. The molecule has 0 aliphatic carbocycles. The zero-order valence-electron chi connectivity index (χ0n) is 12.9. The standard InChI is InChI=1S/C15H17BrN4OS/c1-15(2,3)19-13(22-4)12-18(14(19)21)9-17-20(12)11-7-5-10(16)6-8-11/h5-9H,1-4H3. The third-order valence-corrected chi connectivity index (χ3v) is 4.72. The van der Waals surface area contributed by atoms with Crippen molar-refractivity contribution in [2.45, 2.75) is 31.3 Å². The van der Waals surface area contributed by atoms with Crippen LogP contribution in [-0.2, 0) is 5.54 Å². The highest BCUT2D eigenvalue weighted by atomic mass is 79.9. The molecule has 0 atom stereocenters. The predicted molar refractivity (Wildman–Crippen MR) is 93.3 cm³/mol. The summed E-state index contributed by atoms with van der Waals surface area (Å²) in [5.74, 6) is 0. The second-order valence-corrected chi connectivity index (χ2v) is 7.72. The fourth-order valence-electron chi connectivity index (χ4n) is 2.49. The smallest absolute Gasteiger partial charge is 0.279 e. The fourth-order valence-corrected chi connectivity index (χ4v) is 3.65. The Morgan fingerprint density at radius 3 is 2.36 bits per heavy atom. The van der Waals surface area contributed by atoms with Gasteiger partial charge in [-0.1, -0.05) is 15.9 Å². The third-order valence-electron chi connectivity index (χ3n) is 3.44. The highest BCUT2D eigenvalue weighted by molar-refractivity contribution is 9.10. The minimum absolute atomic E-state index is 0.0600. The summed E-state index contributed by atoms with van der Waals surface area (Å²) in [6.45, 7) is 6.10. The van der Waals surface area contributed by atoms with Crippen molar-refractivity contribution in [3.8, 4) is 5.69 Å². The molecule has 1 aromatic carbocycles. The van der Waals surface area contributed by atoms with Crippen molar-refractivity contribution in [2.75, 3.05) is 6.26 Å². The quantitative estimate of drug-likeness (QED) is 0.638. The maximum absolute atomic E-state index is 12.7. The molecule has 0 N–H and O–H groups in total. The lowest BCUT2D eigenvalue weighted by molar-refractivity contribution is 0.359. The topological polar surface area (TPSA) is 44.2 Å². The number of fused-ring (bicyclic) bond motifs is 1. The van der Waals surface area contributed by atoms with Gasteiger partial charge in [0.2, 0.25) is 0 Å². The van der Waals surface area contributed by atoms with Crippen LogP contribution < -0.4 is 5.69 Å². The summed E-state index contributed by atoms with van der Waals surface area (Å²) in [5.41, 5.74) is 1.38. The van der Waals surface area contributed by atoms with Gasteiger partial charge in [-0.15, -0.1) is 11.8 Å². The van der Waals surface area contributed by atoms with Crippen LogP contribution in [0, 0.1) is 0 Å². The van der Waals surface area contributed by atoms with Crippen LogP contribution in [0.15, 0.2) is 44.9 Å². The molecule has 3 rings (SSSR count). The number of rotatable bonds is 2. The summed E-state index contributed by atoms with van der Waals surface area (Å²) in [6, 6.07) is 7.87. The number of halogens is 1. The molecule has 0 amide bonds. The Bertz CT molecular complexity index is 883. The lowest BCUT2D eigenvalue weighted by Gasteiger charge is -2.21. The molecule has 0 bridgehead atoms. The van der Waals surface area contributed by atoms with E-state index in [0.29, 0.717) is 0 Å². The van der Waals surface area contributed by atoms with E-state index in [1.54, 1.807) is 22.5 Å². The van der Waals surface area contributed by atoms with Crippen molar-refractivity contribution < 1.29 is 0 Å². The fraction of sp³-hybridized carbons (Fsp3) is 0.333. The van der Waals surface area contributed by atoms with Gasteiger partial charge >= 0.3 is 5.69 Å². The molecule has 0 unspecified atom stereocenters. The van der Waals surface area contributed by atoms with Gasteiger partial charge < -0.3 is 0 Å². The summed E-state index contributed by atoms with van der Waals surface area (Å²) in [7, 11) is 0. The van der Waals surface area contributed by atoms with Crippen molar-refractivity contribution in [1.82, 2.24) is 18.7 Å². The molecule has 116 valence electrons. The number of nitrogens with zero attached hydrogens (tertiary/aromatic N) is 4. The molecule has 2 aromatic heterocycles. The number of imidazole rings is 1. The molecule has 0 saturated carbocycles. The second kappa shape index (κ2) is 5.31. The molecule has 0 radical (unpaired) electrons. The predicted octanol–water partition coefficient (Wildman–Crippen LogP) is 3.53. The van der Waals surface area contributed by atoms with Crippen molar-refractivity contribution in [1.29, 1.82) is 0 Å². The minimum Gasteiger partial charge on any atom is -0.279 e. The highest BCUT2D eigenvalue weighted by Gasteiger charge is 2.26. The van der Waals surface area contributed by atoms with Gasteiger partial charge in [0.05, 0.1) is 5.69 Å². The first-order valence-electron chi connectivity index (χ1n) is 6.86. The summed E-state index contributed by atoms with van der Waals surface area (Å²) < 4.78 is 6.25. The second-order valence-electron chi connectivity index (χ2n) is 6.01. The maximum Gasteiger partial charge on any atom is 0.336 e. The van der Waals surface area contributed by atoms with E-state index >= 15 is 0 Å². The average Bonchev–Trinajstić information content (AvgIpc) is 2.98. The van der Waals surface area contributed by atoms with Gasteiger partial charge in [0.25, 0.3) is 0 Å². The molecule has 0 fully saturated rings. The average molecular weight is 381 g/mol. The zero-order valence-corrected chi connectivity index (χ0v) is 15.3. The van der Waals surface area contributed by atoms with E-state index in [2.05, 4.69) is 21.0 Å². The number of thioether (sulfide) groups is 1. The Hall–Kier alpha value is -1.47. The third kappa shape index (κ3) is 2.32. The van der Waals surface area contributed by atoms with Crippen LogP contribution in [-0.4, -0.2) is 25.0 Å². The van der Waals surface area contributed by atoms with E-state index in [4.69, 9.17) is 0 Å². The molecule has 0 saturated heterocycles. The number of aromatic nitrogens is 4. The lowest BCUT2D eigenvalue weighted by Crippen LogP contribution is -2.33. The summed E-state index contributed by atoms with van der Waals surface area (Å²) in [5, 5.41) is 5.30. The lowest BCUT2D eigenvalue weighted by atomic mass is 10.1. The van der Waals surface area contributed by atoms with Gasteiger partial charge in [-0.05, 0) is 51.3 Å². The number of hydrogen-bond donors (Lipinski definition) is 0. The van der Waals surface area contributed by atoms with Crippen molar-refractivity contribution in [3.63, 3.8) is 0 Å². The van der Waals surface area contributed by atoms with E-state index in [-0.39, 0.29) is 11.2 Å². The Morgan fingerprint density at radius 1 is 1.18 bits per heavy atom. The van der Waals surface area contributed by atoms with Crippen molar-refractivity contribution >= 4 is 33.3 Å². The monoisotopic (exact) mass is 380 g/mol. The molecular formula is C15H17BrN4OS. The first-order valence-corrected chi connectivity index (χ1v) is 8.88. The summed E-state index contributed by atoms with van der Waals surface area (Å²) in [4.78, 5) is 12.7. The van der Waals surface area contributed by atoms with Crippen LogP contribution in [0.3, 0.4) is 0 Å². The highest BCUT2D eigenvalue weighted by Crippen LogP contribution is 2.28. The molecule has 0 spiro atoms. The first kappa shape index (κ1) is 15.4. The molecule has 22 heavy (non-hydrogen) atoms. The van der Waals surface area contributed by atoms with E-state index in [1.807, 2.05) is 60.5 Å².